The van der Waals surface area contributed by atoms with Gasteiger partial charge in [0.05, 0.1) is 30.4 Å². The van der Waals surface area contributed by atoms with Crippen molar-refractivity contribution in [2.75, 3.05) is 19.5 Å². The van der Waals surface area contributed by atoms with Crippen LogP contribution in [0.25, 0.3) is 5.69 Å². The van der Waals surface area contributed by atoms with Gasteiger partial charge in [-0.05, 0) is 36.8 Å². The van der Waals surface area contributed by atoms with Crippen LogP contribution in [0.4, 0.5) is 23.7 Å². The van der Waals surface area contributed by atoms with Crippen LogP contribution >= 0.6 is 11.6 Å². The third kappa shape index (κ3) is 5.29. The van der Waals surface area contributed by atoms with Crippen molar-refractivity contribution in [2.24, 2.45) is 0 Å². The Bertz CT molecular complexity index is 1100. The number of alkyl halides is 3. The molecule has 0 unspecified atom stereocenters. The summed E-state index contributed by atoms with van der Waals surface area (Å²) in [5, 5.41) is 2.64. The van der Waals surface area contributed by atoms with Gasteiger partial charge in [-0.25, -0.2) is 9.78 Å². The van der Waals surface area contributed by atoms with E-state index in [9.17, 15) is 18.0 Å². The maximum atomic E-state index is 13.3. The van der Waals surface area contributed by atoms with E-state index >= 15 is 0 Å². The number of aromatic nitrogens is 2. The van der Waals surface area contributed by atoms with E-state index in [0.29, 0.717) is 11.4 Å². The molecule has 3 rings (SSSR count). The van der Waals surface area contributed by atoms with Crippen LogP contribution in [0.3, 0.4) is 0 Å². The minimum absolute atomic E-state index is 0.0246. The highest BCUT2D eigenvalue weighted by Gasteiger charge is 2.34. The summed E-state index contributed by atoms with van der Waals surface area (Å²) in [6, 6.07) is 7.94. The van der Waals surface area contributed by atoms with Gasteiger partial charge in [0.25, 0.3) is 0 Å². The SMILES string of the molecule is COc1cc(NC(=O)N(C)Cc2ccc(Cl)cc2C(F)(F)F)ccc1-n1cnc(C)c1. The van der Waals surface area contributed by atoms with Crippen molar-refractivity contribution in [3.05, 3.63) is 70.8 Å². The zero-order valence-corrected chi connectivity index (χ0v) is 17.8. The molecule has 0 spiro atoms. The number of halogens is 4. The highest BCUT2D eigenvalue weighted by Crippen LogP contribution is 2.34. The van der Waals surface area contributed by atoms with E-state index in [2.05, 4.69) is 10.3 Å². The van der Waals surface area contributed by atoms with Gasteiger partial charge in [0.2, 0.25) is 0 Å². The van der Waals surface area contributed by atoms with E-state index in [1.807, 2.05) is 13.1 Å². The van der Waals surface area contributed by atoms with Gasteiger partial charge in [-0.1, -0.05) is 17.7 Å². The first kappa shape index (κ1) is 22.5. The fraction of sp³-hybridized carbons (Fsp3) is 0.238. The lowest BCUT2D eigenvalue weighted by Gasteiger charge is -2.21. The van der Waals surface area contributed by atoms with Gasteiger partial charge in [-0.3, -0.25) is 0 Å². The Labute approximate surface area is 182 Å². The number of benzene rings is 2. The molecule has 1 heterocycles. The molecule has 164 valence electrons. The molecule has 10 heteroatoms. The number of rotatable bonds is 5. The average molecular weight is 453 g/mol. The first-order valence-corrected chi connectivity index (χ1v) is 9.53. The van der Waals surface area contributed by atoms with E-state index in [-0.39, 0.29) is 17.1 Å². The zero-order chi connectivity index (χ0) is 22.8. The maximum Gasteiger partial charge on any atom is 0.416 e. The summed E-state index contributed by atoms with van der Waals surface area (Å²) in [6.07, 6.45) is -1.11. The molecule has 2 amide bonds. The summed E-state index contributed by atoms with van der Waals surface area (Å²) < 4.78 is 47.1. The summed E-state index contributed by atoms with van der Waals surface area (Å²) >= 11 is 5.71. The second-order valence-corrected chi connectivity index (χ2v) is 7.33. The van der Waals surface area contributed by atoms with Gasteiger partial charge in [-0.15, -0.1) is 0 Å². The van der Waals surface area contributed by atoms with Gasteiger partial charge in [-0.2, -0.15) is 13.2 Å². The Kier molecular flexibility index (Phi) is 6.45. The van der Waals surface area contributed by atoms with Crippen molar-refractivity contribution < 1.29 is 22.7 Å². The second kappa shape index (κ2) is 8.89. The van der Waals surface area contributed by atoms with Gasteiger partial charge in [0.15, 0.2) is 0 Å². The summed E-state index contributed by atoms with van der Waals surface area (Å²) in [5.74, 6) is 0.495. The number of amides is 2. The molecule has 3 aromatic rings. The zero-order valence-electron chi connectivity index (χ0n) is 17.0. The standard InChI is InChI=1S/C21H20ClF3N4O2/c1-13-10-29(12-26-13)18-7-6-16(9-19(18)31-3)27-20(30)28(2)11-14-4-5-15(22)8-17(14)21(23,24)25/h4-10,12H,11H2,1-3H3,(H,27,30). The number of imidazole rings is 1. The Morgan fingerprint density at radius 3 is 2.61 bits per heavy atom. The minimum Gasteiger partial charge on any atom is -0.494 e. The molecule has 0 fully saturated rings. The van der Waals surface area contributed by atoms with E-state index in [4.69, 9.17) is 16.3 Å². The Hall–Kier alpha value is -3.20. The number of aryl methyl sites for hydroxylation is 1. The molecule has 1 N–H and O–H groups in total. The molecule has 0 aliphatic rings. The average Bonchev–Trinajstić information content (AvgIpc) is 3.14. The molecule has 1 aromatic heterocycles. The van der Waals surface area contributed by atoms with Gasteiger partial charge in [0, 0.05) is 36.6 Å². The molecule has 0 saturated heterocycles. The molecule has 0 atom stereocenters. The lowest BCUT2D eigenvalue weighted by Crippen LogP contribution is -2.31. The van der Waals surface area contributed by atoms with Crippen molar-refractivity contribution in [1.82, 2.24) is 14.5 Å². The number of carbonyl (C=O) groups excluding carboxylic acids is 1. The van der Waals surface area contributed by atoms with Crippen LogP contribution < -0.4 is 10.1 Å². The van der Waals surface area contributed by atoms with Gasteiger partial charge < -0.3 is 19.5 Å². The molecule has 0 aliphatic carbocycles. The third-order valence-electron chi connectivity index (χ3n) is 4.55. The molecule has 31 heavy (non-hydrogen) atoms. The number of nitrogens with one attached hydrogen (secondary N) is 1. The van der Waals surface area contributed by atoms with Crippen molar-refractivity contribution in [3.63, 3.8) is 0 Å². The summed E-state index contributed by atoms with van der Waals surface area (Å²) in [6.45, 7) is 1.61. The summed E-state index contributed by atoms with van der Waals surface area (Å²) in [4.78, 5) is 17.9. The number of carbonyl (C=O) groups is 1. The number of urea groups is 1. The number of nitrogens with zero attached hydrogens (tertiary/aromatic N) is 3. The molecule has 0 aliphatic heterocycles. The van der Waals surface area contributed by atoms with Crippen LogP contribution in [0.5, 0.6) is 5.75 Å². The number of ether oxygens (including phenoxy) is 1. The number of hydrogen-bond donors (Lipinski definition) is 1. The highest BCUT2D eigenvalue weighted by atomic mass is 35.5. The van der Waals surface area contributed by atoms with Crippen LogP contribution in [0, 0.1) is 6.92 Å². The smallest absolute Gasteiger partial charge is 0.416 e. The fourth-order valence-corrected chi connectivity index (χ4v) is 3.19. The monoisotopic (exact) mass is 452 g/mol. The van der Waals surface area contributed by atoms with E-state index in [1.54, 1.807) is 29.1 Å². The molecule has 0 bridgehead atoms. The molecule has 6 nitrogen and oxygen atoms in total. The second-order valence-electron chi connectivity index (χ2n) is 6.89. The number of hydrogen-bond acceptors (Lipinski definition) is 3. The molecular formula is C21H20ClF3N4O2. The van der Waals surface area contributed by atoms with Crippen LogP contribution in [-0.2, 0) is 12.7 Å². The Morgan fingerprint density at radius 2 is 2.00 bits per heavy atom. The normalized spacial score (nSPS) is 11.3. The lowest BCUT2D eigenvalue weighted by molar-refractivity contribution is -0.138. The van der Waals surface area contributed by atoms with Crippen molar-refractivity contribution in [2.45, 2.75) is 19.6 Å². The first-order valence-electron chi connectivity index (χ1n) is 9.15. The minimum atomic E-state index is -4.58. The van der Waals surface area contributed by atoms with Gasteiger partial charge in [0.1, 0.15) is 5.75 Å². The lowest BCUT2D eigenvalue weighted by atomic mass is 10.1. The Morgan fingerprint density at radius 1 is 1.26 bits per heavy atom. The topological polar surface area (TPSA) is 59.4 Å². The van der Waals surface area contributed by atoms with Crippen molar-refractivity contribution >= 4 is 23.3 Å². The van der Waals surface area contributed by atoms with Crippen molar-refractivity contribution in [3.8, 4) is 11.4 Å². The van der Waals surface area contributed by atoms with E-state index in [0.717, 1.165) is 22.3 Å². The van der Waals surface area contributed by atoms with Crippen LogP contribution in [-0.4, -0.2) is 34.6 Å². The predicted molar refractivity (Wildman–Crippen MR) is 112 cm³/mol. The number of anilines is 1. The first-order chi connectivity index (χ1) is 14.6. The van der Waals surface area contributed by atoms with E-state index in [1.165, 1.54) is 26.3 Å². The Balaban J connectivity index is 1.76. The van der Waals surface area contributed by atoms with Crippen LogP contribution in [0.15, 0.2) is 48.9 Å². The van der Waals surface area contributed by atoms with Crippen LogP contribution in [0.1, 0.15) is 16.8 Å². The highest BCUT2D eigenvalue weighted by molar-refractivity contribution is 6.30. The molecule has 2 aromatic carbocycles. The maximum absolute atomic E-state index is 13.3. The van der Waals surface area contributed by atoms with E-state index < -0.39 is 17.8 Å². The predicted octanol–water partition coefficient (Wildman–Crippen LogP) is 5.53. The third-order valence-corrected chi connectivity index (χ3v) is 4.79. The molecule has 0 saturated carbocycles. The summed E-state index contributed by atoms with van der Waals surface area (Å²) in [5.41, 5.74) is 1.06. The summed E-state index contributed by atoms with van der Waals surface area (Å²) in [7, 11) is 2.91. The molecule has 0 radical (unpaired) electrons. The quantitative estimate of drug-likeness (QED) is 0.554. The molecular weight excluding hydrogens is 433 g/mol. The van der Waals surface area contributed by atoms with Gasteiger partial charge >= 0.3 is 12.2 Å². The largest absolute Gasteiger partial charge is 0.494 e. The van der Waals surface area contributed by atoms with Crippen LogP contribution in [0.2, 0.25) is 5.02 Å². The number of methoxy groups -OCH3 is 1. The fourth-order valence-electron chi connectivity index (χ4n) is 3.02. The van der Waals surface area contributed by atoms with Crippen molar-refractivity contribution in [1.29, 1.82) is 0 Å².